The normalized spacial score (nSPS) is 20.2. The van der Waals surface area contributed by atoms with Crippen molar-refractivity contribution in [1.29, 1.82) is 0 Å². The van der Waals surface area contributed by atoms with Gasteiger partial charge in [-0.25, -0.2) is 4.79 Å². The largest absolute Gasteiger partial charge is 0.464 e. The predicted molar refractivity (Wildman–Crippen MR) is 93.9 cm³/mol. The van der Waals surface area contributed by atoms with Gasteiger partial charge in [0.1, 0.15) is 6.04 Å². The third kappa shape index (κ3) is 4.74. The highest BCUT2D eigenvalue weighted by molar-refractivity contribution is 8.00. The summed E-state index contributed by atoms with van der Waals surface area (Å²) in [6.45, 7) is 4.01. The van der Waals surface area contributed by atoms with E-state index in [-0.39, 0.29) is 24.8 Å². The summed E-state index contributed by atoms with van der Waals surface area (Å²) < 4.78 is 4.90. The molecule has 2 rings (SSSR count). The summed E-state index contributed by atoms with van der Waals surface area (Å²) >= 11 is 1.31. The van der Waals surface area contributed by atoms with Crippen molar-refractivity contribution in [3.8, 4) is 0 Å². The van der Waals surface area contributed by atoms with E-state index in [2.05, 4.69) is 10.6 Å². The maximum atomic E-state index is 12.2. The summed E-state index contributed by atoms with van der Waals surface area (Å²) in [4.78, 5) is 36.0. The fraction of sp³-hybridized carbons (Fsp3) is 0.471. The molecule has 6 nitrogen and oxygen atoms in total. The van der Waals surface area contributed by atoms with Crippen LogP contribution in [0.3, 0.4) is 0 Å². The van der Waals surface area contributed by atoms with Crippen LogP contribution < -0.4 is 10.6 Å². The zero-order valence-electron chi connectivity index (χ0n) is 13.8. The van der Waals surface area contributed by atoms with Gasteiger partial charge in [-0.2, -0.15) is 0 Å². The number of nitrogens with one attached hydrogen (secondary N) is 2. The second-order valence-corrected chi connectivity index (χ2v) is 6.63. The van der Waals surface area contributed by atoms with Crippen LogP contribution in [0, 0.1) is 0 Å². The summed E-state index contributed by atoms with van der Waals surface area (Å²) in [5.41, 5.74) is 1.82. The van der Waals surface area contributed by atoms with Gasteiger partial charge >= 0.3 is 5.97 Å². The Morgan fingerprint density at radius 1 is 1.33 bits per heavy atom. The molecule has 0 aromatic heterocycles. The van der Waals surface area contributed by atoms with Crippen LogP contribution in [0.2, 0.25) is 0 Å². The van der Waals surface area contributed by atoms with E-state index < -0.39 is 17.3 Å². The Hall–Kier alpha value is -2.02. The fourth-order valence-corrected chi connectivity index (χ4v) is 3.57. The van der Waals surface area contributed by atoms with Gasteiger partial charge in [0.25, 0.3) is 0 Å². The first-order chi connectivity index (χ1) is 11.5. The van der Waals surface area contributed by atoms with E-state index in [1.165, 1.54) is 11.8 Å². The van der Waals surface area contributed by atoms with E-state index >= 15 is 0 Å². The lowest BCUT2D eigenvalue weighted by molar-refractivity contribution is -0.146. The molecule has 0 aliphatic carbocycles. The second kappa shape index (κ2) is 8.73. The van der Waals surface area contributed by atoms with Crippen molar-refractivity contribution in [2.45, 2.75) is 38.0 Å². The van der Waals surface area contributed by atoms with E-state index in [1.54, 1.807) is 6.92 Å². The number of esters is 1. The molecule has 0 radical (unpaired) electrons. The molecule has 1 saturated heterocycles. The standard InChI is InChI=1S/C17H22N2O4S/c1-3-11-7-5-6-8-12(11)18-15(20)9-14-16(21)19-13(10-24-14)17(22)23-4-2/h5-8,13-14H,3-4,9-10H2,1-2H3,(H,18,20)(H,19,21). The summed E-state index contributed by atoms with van der Waals surface area (Å²) in [5.74, 6) is -0.534. The molecule has 0 bridgehead atoms. The zero-order valence-corrected chi connectivity index (χ0v) is 14.7. The number of ether oxygens (including phenoxy) is 1. The molecule has 0 spiro atoms. The van der Waals surface area contributed by atoms with Crippen molar-refractivity contribution in [2.24, 2.45) is 0 Å². The Kier molecular flexibility index (Phi) is 6.66. The fourth-order valence-electron chi connectivity index (χ4n) is 2.44. The van der Waals surface area contributed by atoms with Crippen LogP contribution >= 0.6 is 11.8 Å². The average molecular weight is 350 g/mol. The lowest BCUT2D eigenvalue weighted by Crippen LogP contribution is -2.51. The second-order valence-electron chi connectivity index (χ2n) is 5.40. The Morgan fingerprint density at radius 3 is 2.75 bits per heavy atom. The quantitative estimate of drug-likeness (QED) is 0.764. The van der Waals surface area contributed by atoms with E-state index in [0.29, 0.717) is 5.75 Å². The average Bonchev–Trinajstić information content (AvgIpc) is 2.57. The topological polar surface area (TPSA) is 84.5 Å². The molecule has 2 N–H and O–H groups in total. The number of thioether (sulfide) groups is 1. The van der Waals surface area contributed by atoms with Crippen LogP contribution in [0.25, 0.3) is 0 Å². The predicted octanol–water partition coefficient (Wildman–Crippen LogP) is 1.74. The van der Waals surface area contributed by atoms with E-state index in [1.807, 2.05) is 31.2 Å². The third-order valence-electron chi connectivity index (χ3n) is 3.69. The minimum absolute atomic E-state index is 0.0735. The van der Waals surface area contributed by atoms with E-state index in [4.69, 9.17) is 4.74 Å². The number of carbonyl (C=O) groups excluding carboxylic acids is 3. The van der Waals surface area contributed by atoms with Gasteiger partial charge in [0.15, 0.2) is 0 Å². The van der Waals surface area contributed by atoms with Gasteiger partial charge in [0.2, 0.25) is 11.8 Å². The molecule has 2 unspecified atom stereocenters. The van der Waals surface area contributed by atoms with Crippen molar-refractivity contribution in [2.75, 3.05) is 17.7 Å². The number of hydrogen-bond acceptors (Lipinski definition) is 5. The molecule has 2 atom stereocenters. The van der Waals surface area contributed by atoms with Crippen molar-refractivity contribution in [1.82, 2.24) is 5.32 Å². The number of anilines is 1. The molecule has 1 aromatic rings. The van der Waals surface area contributed by atoms with Crippen LogP contribution in [0.1, 0.15) is 25.8 Å². The maximum Gasteiger partial charge on any atom is 0.329 e. The highest BCUT2D eigenvalue weighted by Gasteiger charge is 2.34. The third-order valence-corrected chi connectivity index (χ3v) is 5.00. The van der Waals surface area contributed by atoms with Crippen LogP contribution in [-0.4, -0.2) is 41.4 Å². The summed E-state index contributed by atoms with van der Waals surface area (Å²) in [5, 5.41) is 4.99. The Labute approximate surface area is 145 Å². The van der Waals surface area contributed by atoms with Gasteiger partial charge in [-0.3, -0.25) is 9.59 Å². The van der Waals surface area contributed by atoms with Crippen molar-refractivity contribution in [3.05, 3.63) is 29.8 Å². The molecule has 1 aliphatic rings. The number of para-hydroxylation sites is 1. The zero-order chi connectivity index (χ0) is 17.5. The van der Waals surface area contributed by atoms with Crippen LogP contribution in [0.15, 0.2) is 24.3 Å². The molecule has 0 saturated carbocycles. The monoisotopic (exact) mass is 350 g/mol. The summed E-state index contributed by atoms with van der Waals surface area (Å²) in [7, 11) is 0. The lowest BCUT2D eigenvalue weighted by atomic mass is 10.1. The van der Waals surface area contributed by atoms with Crippen LogP contribution in [-0.2, 0) is 25.5 Å². The van der Waals surface area contributed by atoms with Gasteiger partial charge in [0.05, 0.1) is 11.9 Å². The van der Waals surface area contributed by atoms with Gasteiger partial charge in [-0.1, -0.05) is 25.1 Å². The Bertz CT molecular complexity index is 620. The lowest BCUT2D eigenvalue weighted by Gasteiger charge is -2.27. The van der Waals surface area contributed by atoms with Crippen molar-refractivity contribution >= 4 is 35.2 Å². The summed E-state index contributed by atoms with van der Waals surface area (Å²) in [6.07, 6.45) is 0.889. The van der Waals surface area contributed by atoms with Crippen molar-refractivity contribution in [3.63, 3.8) is 0 Å². The Morgan fingerprint density at radius 2 is 2.08 bits per heavy atom. The van der Waals surface area contributed by atoms with Gasteiger partial charge in [0, 0.05) is 17.9 Å². The molecule has 2 amide bonds. The Balaban J connectivity index is 1.89. The molecule has 1 heterocycles. The molecule has 7 heteroatoms. The maximum absolute atomic E-state index is 12.2. The van der Waals surface area contributed by atoms with E-state index in [0.717, 1.165) is 17.7 Å². The first-order valence-corrected chi connectivity index (χ1v) is 9.06. The molecule has 24 heavy (non-hydrogen) atoms. The number of hydrogen-bond donors (Lipinski definition) is 2. The first kappa shape index (κ1) is 18.3. The van der Waals surface area contributed by atoms with Gasteiger partial charge in [-0.05, 0) is 25.0 Å². The number of benzene rings is 1. The molecular weight excluding hydrogens is 328 g/mol. The minimum atomic E-state index is -0.637. The minimum Gasteiger partial charge on any atom is -0.464 e. The number of amides is 2. The SMILES string of the molecule is CCOC(=O)C1CSC(CC(=O)Nc2ccccc2CC)C(=O)N1. The smallest absolute Gasteiger partial charge is 0.329 e. The number of rotatable bonds is 6. The molecule has 1 aliphatic heterocycles. The highest BCUT2D eigenvalue weighted by atomic mass is 32.2. The van der Waals surface area contributed by atoms with E-state index in [9.17, 15) is 14.4 Å². The van der Waals surface area contributed by atoms with Crippen LogP contribution in [0.5, 0.6) is 0 Å². The first-order valence-electron chi connectivity index (χ1n) is 8.01. The van der Waals surface area contributed by atoms with Gasteiger partial charge < -0.3 is 15.4 Å². The number of carbonyl (C=O) groups is 3. The molecule has 1 fully saturated rings. The molecular formula is C17H22N2O4S. The van der Waals surface area contributed by atoms with Crippen LogP contribution in [0.4, 0.5) is 5.69 Å². The molecule has 130 valence electrons. The van der Waals surface area contributed by atoms with Gasteiger partial charge in [-0.15, -0.1) is 11.8 Å². The number of aryl methyl sites for hydroxylation is 1. The molecule has 1 aromatic carbocycles. The summed E-state index contributed by atoms with van der Waals surface area (Å²) in [6, 6.07) is 6.96. The van der Waals surface area contributed by atoms with Crippen molar-refractivity contribution < 1.29 is 19.1 Å². The highest BCUT2D eigenvalue weighted by Crippen LogP contribution is 2.23.